The van der Waals surface area contributed by atoms with Gasteiger partial charge >= 0.3 is 6.18 Å². The van der Waals surface area contributed by atoms with Gasteiger partial charge in [-0.25, -0.2) is 0 Å². The number of nitrogens with two attached hydrogens (primary N) is 1. The van der Waals surface area contributed by atoms with Crippen molar-refractivity contribution in [3.8, 4) is 0 Å². The Labute approximate surface area is 127 Å². The number of benzene rings is 1. The summed E-state index contributed by atoms with van der Waals surface area (Å²) in [6.07, 6.45) is -4.22. The van der Waals surface area contributed by atoms with Gasteiger partial charge in [-0.1, -0.05) is 12.2 Å². The molecule has 1 atom stereocenters. The van der Waals surface area contributed by atoms with Gasteiger partial charge in [0.05, 0.1) is 16.1 Å². The predicted molar refractivity (Wildman–Crippen MR) is 77.5 cm³/mol. The molecular formula is C12H12BrF3N2OS. The summed E-state index contributed by atoms with van der Waals surface area (Å²) < 4.78 is 38.1. The first-order valence-corrected chi connectivity index (χ1v) is 6.77. The van der Waals surface area contributed by atoms with Gasteiger partial charge in [0, 0.05) is 16.9 Å². The molecule has 1 rings (SSSR count). The van der Waals surface area contributed by atoms with E-state index in [0.29, 0.717) is 0 Å². The van der Waals surface area contributed by atoms with Crippen LogP contribution in [0, 0.1) is 0 Å². The van der Waals surface area contributed by atoms with Crippen molar-refractivity contribution < 1.29 is 18.0 Å². The van der Waals surface area contributed by atoms with Crippen LogP contribution in [0.3, 0.4) is 0 Å². The zero-order valence-corrected chi connectivity index (χ0v) is 12.8. The highest BCUT2D eigenvalue weighted by Crippen LogP contribution is 2.31. The number of carbonyl (C=O) groups is 1. The first-order chi connectivity index (χ1) is 9.11. The second-order valence-corrected chi connectivity index (χ2v) is 5.62. The summed E-state index contributed by atoms with van der Waals surface area (Å²) in [7, 11) is 0. The fourth-order valence-corrected chi connectivity index (χ4v) is 2.21. The van der Waals surface area contributed by atoms with Crippen molar-refractivity contribution in [3.63, 3.8) is 0 Å². The fourth-order valence-electron chi connectivity index (χ4n) is 1.53. The molecule has 0 aromatic heterocycles. The summed E-state index contributed by atoms with van der Waals surface area (Å²) in [4.78, 5) is 12.2. The zero-order chi connectivity index (χ0) is 15.5. The van der Waals surface area contributed by atoms with Gasteiger partial charge in [0.15, 0.2) is 0 Å². The van der Waals surface area contributed by atoms with Crippen LogP contribution in [-0.4, -0.2) is 16.9 Å². The van der Waals surface area contributed by atoms with Crippen molar-refractivity contribution in [2.75, 3.05) is 0 Å². The van der Waals surface area contributed by atoms with Crippen LogP contribution in [-0.2, 0) is 6.18 Å². The molecule has 8 heteroatoms. The second-order valence-electron chi connectivity index (χ2n) is 4.24. The number of nitrogens with one attached hydrogen (secondary N) is 1. The lowest BCUT2D eigenvalue weighted by Crippen LogP contribution is -2.35. The molecule has 0 radical (unpaired) electrons. The van der Waals surface area contributed by atoms with Crippen molar-refractivity contribution in [1.82, 2.24) is 5.32 Å². The quantitative estimate of drug-likeness (QED) is 0.802. The van der Waals surface area contributed by atoms with Crippen molar-refractivity contribution >= 4 is 39.0 Å². The summed E-state index contributed by atoms with van der Waals surface area (Å²) in [5.41, 5.74) is 4.37. The fraction of sp³-hybridized carbons (Fsp3) is 0.333. The van der Waals surface area contributed by atoms with Gasteiger partial charge in [-0.05, 0) is 41.1 Å². The summed E-state index contributed by atoms with van der Waals surface area (Å²) in [6.45, 7) is 1.67. The summed E-state index contributed by atoms with van der Waals surface area (Å²) in [5.74, 6) is -0.619. The standard InChI is InChI=1S/C12H12BrF3N2OS/c1-6(4-10(17)20)18-11(19)8-5-7(12(14,15)16)2-3-9(8)13/h2-3,5-6H,4H2,1H3,(H2,17,20)(H,18,19). The number of alkyl halides is 3. The van der Waals surface area contributed by atoms with E-state index >= 15 is 0 Å². The minimum atomic E-state index is -4.50. The molecule has 0 aliphatic carbocycles. The number of hydrogen-bond acceptors (Lipinski definition) is 2. The van der Waals surface area contributed by atoms with Gasteiger partial charge in [0.25, 0.3) is 5.91 Å². The Morgan fingerprint density at radius 1 is 1.50 bits per heavy atom. The molecule has 1 unspecified atom stereocenters. The monoisotopic (exact) mass is 368 g/mol. The molecule has 20 heavy (non-hydrogen) atoms. The molecule has 0 saturated carbocycles. The van der Waals surface area contributed by atoms with Crippen molar-refractivity contribution in [2.24, 2.45) is 5.73 Å². The largest absolute Gasteiger partial charge is 0.416 e. The molecule has 0 aliphatic heterocycles. The van der Waals surface area contributed by atoms with E-state index in [1.165, 1.54) is 6.07 Å². The Hall–Kier alpha value is -1.15. The summed E-state index contributed by atoms with van der Waals surface area (Å²) in [5, 5.41) is 2.54. The molecule has 3 nitrogen and oxygen atoms in total. The third kappa shape index (κ3) is 4.75. The highest BCUT2D eigenvalue weighted by atomic mass is 79.9. The van der Waals surface area contributed by atoms with E-state index in [0.717, 1.165) is 12.1 Å². The molecule has 0 aliphatic rings. The van der Waals surface area contributed by atoms with E-state index in [4.69, 9.17) is 18.0 Å². The maximum Gasteiger partial charge on any atom is 0.416 e. The third-order valence-electron chi connectivity index (χ3n) is 2.42. The van der Waals surface area contributed by atoms with Gasteiger partial charge < -0.3 is 11.1 Å². The smallest absolute Gasteiger partial charge is 0.393 e. The van der Waals surface area contributed by atoms with Crippen LogP contribution in [0.25, 0.3) is 0 Å². The number of thiocarbonyl (C=S) groups is 1. The molecular weight excluding hydrogens is 357 g/mol. The Bertz CT molecular complexity index is 534. The molecule has 110 valence electrons. The molecule has 3 N–H and O–H groups in total. The molecule has 1 amide bonds. The van der Waals surface area contributed by atoms with Crippen LogP contribution in [0.1, 0.15) is 29.3 Å². The van der Waals surface area contributed by atoms with Crippen LogP contribution < -0.4 is 11.1 Å². The van der Waals surface area contributed by atoms with E-state index in [9.17, 15) is 18.0 Å². The predicted octanol–water partition coefficient (Wildman–Crippen LogP) is 3.26. The second kappa shape index (κ2) is 6.53. The molecule has 1 aromatic rings. The first kappa shape index (κ1) is 16.9. The molecule has 0 fully saturated rings. The normalized spacial score (nSPS) is 12.8. The lowest BCUT2D eigenvalue weighted by atomic mass is 10.1. The van der Waals surface area contributed by atoms with Crippen LogP contribution in [0.4, 0.5) is 13.2 Å². The number of rotatable bonds is 4. The van der Waals surface area contributed by atoms with Gasteiger partial charge in [-0.15, -0.1) is 0 Å². The zero-order valence-electron chi connectivity index (χ0n) is 10.4. The van der Waals surface area contributed by atoms with Crippen molar-refractivity contribution in [3.05, 3.63) is 33.8 Å². The highest BCUT2D eigenvalue weighted by molar-refractivity contribution is 9.10. The van der Waals surface area contributed by atoms with Crippen LogP contribution in [0.5, 0.6) is 0 Å². The maximum absolute atomic E-state index is 12.6. The Morgan fingerprint density at radius 2 is 2.10 bits per heavy atom. The third-order valence-corrected chi connectivity index (χ3v) is 3.28. The average Bonchev–Trinajstić information content (AvgIpc) is 2.26. The molecule has 0 spiro atoms. The maximum atomic E-state index is 12.6. The lowest BCUT2D eigenvalue weighted by Gasteiger charge is -2.15. The number of hydrogen-bond donors (Lipinski definition) is 2. The molecule has 0 bridgehead atoms. The summed E-state index contributed by atoms with van der Waals surface area (Å²) >= 11 is 7.77. The van der Waals surface area contributed by atoms with Crippen LogP contribution in [0.15, 0.2) is 22.7 Å². The van der Waals surface area contributed by atoms with Crippen LogP contribution in [0.2, 0.25) is 0 Å². The summed E-state index contributed by atoms with van der Waals surface area (Å²) in [6, 6.07) is 2.53. The first-order valence-electron chi connectivity index (χ1n) is 5.57. The number of carbonyl (C=O) groups excluding carboxylic acids is 1. The Kier molecular flexibility index (Phi) is 5.52. The van der Waals surface area contributed by atoms with Gasteiger partial charge in [-0.2, -0.15) is 13.2 Å². The minimum Gasteiger partial charge on any atom is -0.393 e. The molecule has 1 aromatic carbocycles. The van der Waals surface area contributed by atoms with Gasteiger partial charge in [0.1, 0.15) is 0 Å². The minimum absolute atomic E-state index is 0.0883. The van der Waals surface area contributed by atoms with Crippen molar-refractivity contribution in [1.29, 1.82) is 0 Å². The average molecular weight is 369 g/mol. The Balaban J connectivity index is 2.95. The molecule has 0 saturated heterocycles. The lowest BCUT2D eigenvalue weighted by molar-refractivity contribution is -0.137. The number of amides is 1. The highest BCUT2D eigenvalue weighted by Gasteiger charge is 2.31. The van der Waals surface area contributed by atoms with E-state index in [2.05, 4.69) is 21.2 Å². The SMILES string of the molecule is CC(CC(N)=S)NC(=O)c1cc(C(F)(F)F)ccc1Br. The van der Waals surface area contributed by atoms with E-state index in [1.54, 1.807) is 6.92 Å². The molecule has 0 heterocycles. The number of halogens is 4. The van der Waals surface area contributed by atoms with Gasteiger partial charge in [0.2, 0.25) is 0 Å². The Morgan fingerprint density at radius 3 is 2.60 bits per heavy atom. The van der Waals surface area contributed by atoms with E-state index < -0.39 is 17.6 Å². The topological polar surface area (TPSA) is 55.1 Å². The van der Waals surface area contributed by atoms with Gasteiger partial charge in [-0.3, -0.25) is 4.79 Å². The van der Waals surface area contributed by atoms with Crippen molar-refractivity contribution in [2.45, 2.75) is 25.6 Å². The van der Waals surface area contributed by atoms with Crippen LogP contribution >= 0.6 is 28.1 Å². The van der Waals surface area contributed by atoms with E-state index in [-0.39, 0.29) is 27.5 Å². The van der Waals surface area contributed by atoms with E-state index in [1.807, 2.05) is 0 Å².